The average Bonchev–Trinajstić information content (AvgIpc) is 2.54. The van der Waals surface area contributed by atoms with Gasteiger partial charge in [0, 0.05) is 5.02 Å². The van der Waals surface area contributed by atoms with Crippen LogP contribution in [0.3, 0.4) is 0 Å². The van der Waals surface area contributed by atoms with Gasteiger partial charge in [-0.3, -0.25) is 0 Å². The van der Waals surface area contributed by atoms with Gasteiger partial charge in [0.1, 0.15) is 5.75 Å². The highest BCUT2D eigenvalue weighted by Crippen LogP contribution is 2.25. The van der Waals surface area contributed by atoms with Crippen LogP contribution in [-0.4, -0.2) is 21.2 Å². The van der Waals surface area contributed by atoms with E-state index < -0.39 is 10.0 Å². The van der Waals surface area contributed by atoms with Gasteiger partial charge >= 0.3 is 0 Å². The number of hydrazone groups is 1. The Hall–Kier alpha value is -1.76. The van der Waals surface area contributed by atoms with Crippen molar-refractivity contribution in [3.05, 3.63) is 58.1 Å². The lowest BCUT2D eigenvalue weighted by Gasteiger charge is -2.07. The molecule has 0 bridgehead atoms. The molecule has 0 unspecified atom stereocenters. The molecule has 0 atom stereocenters. The van der Waals surface area contributed by atoms with E-state index in [1.807, 2.05) is 6.92 Å². The van der Waals surface area contributed by atoms with Crippen LogP contribution in [0, 0.1) is 0 Å². The molecule has 0 amide bonds. The molecule has 0 aliphatic heterocycles. The number of hydrogen-bond acceptors (Lipinski definition) is 4. The summed E-state index contributed by atoms with van der Waals surface area (Å²) in [5.74, 6) is 0.581. The van der Waals surface area contributed by atoms with Gasteiger partial charge < -0.3 is 4.74 Å². The zero-order valence-corrected chi connectivity index (χ0v) is 15.2. The van der Waals surface area contributed by atoms with Crippen LogP contribution in [-0.2, 0) is 10.0 Å². The van der Waals surface area contributed by atoms with Gasteiger partial charge in [0.15, 0.2) is 0 Å². The molecule has 0 radical (unpaired) electrons. The summed E-state index contributed by atoms with van der Waals surface area (Å²) in [6.45, 7) is 2.58. The van der Waals surface area contributed by atoms with E-state index in [9.17, 15) is 8.42 Å². The van der Waals surface area contributed by atoms with Crippen LogP contribution in [0.15, 0.2) is 52.5 Å². The van der Waals surface area contributed by atoms with Crippen molar-refractivity contribution in [1.82, 2.24) is 4.83 Å². The van der Waals surface area contributed by atoms with Crippen molar-refractivity contribution < 1.29 is 13.2 Å². The molecule has 2 aromatic carbocycles. The highest BCUT2D eigenvalue weighted by Gasteiger charge is 2.12. The lowest BCUT2D eigenvalue weighted by atomic mass is 10.2. The number of sulfonamides is 1. The molecule has 2 rings (SSSR count). The molecule has 5 nitrogen and oxygen atoms in total. The fourth-order valence-corrected chi connectivity index (χ4v) is 2.92. The highest BCUT2D eigenvalue weighted by molar-refractivity contribution is 7.89. The van der Waals surface area contributed by atoms with Crippen molar-refractivity contribution in [3.8, 4) is 5.75 Å². The van der Waals surface area contributed by atoms with E-state index in [-0.39, 0.29) is 4.90 Å². The smallest absolute Gasteiger partial charge is 0.276 e. The Balaban J connectivity index is 2.05. The molecule has 0 aliphatic carbocycles. The first-order valence-electron chi connectivity index (χ1n) is 7.15. The summed E-state index contributed by atoms with van der Waals surface area (Å²) in [7, 11) is -3.74. The second kappa shape index (κ2) is 8.37. The van der Waals surface area contributed by atoms with E-state index in [0.29, 0.717) is 28.0 Å². The summed E-state index contributed by atoms with van der Waals surface area (Å²) in [5, 5.41) is 4.64. The Morgan fingerprint density at radius 1 is 1.17 bits per heavy atom. The Kier molecular flexibility index (Phi) is 6.48. The number of hydrogen-bond donors (Lipinski definition) is 1. The molecule has 24 heavy (non-hydrogen) atoms. The first kappa shape index (κ1) is 18.6. The van der Waals surface area contributed by atoms with Crippen molar-refractivity contribution in [2.45, 2.75) is 18.2 Å². The minimum atomic E-state index is -3.74. The first-order chi connectivity index (χ1) is 11.4. The first-order valence-corrected chi connectivity index (χ1v) is 9.39. The van der Waals surface area contributed by atoms with Crippen LogP contribution in [0.2, 0.25) is 10.0 Å². The van der Waals surface area contributed by atoms with Crippen LogP contribution >= 0.6 is 23.2 Å². The van der Waals surface area contributed by atoms with Gasteiger partial charge in [-0.2, -0.15) is 13.5 Å². The molecule has 0 heterocycles. The van der Waals surface area contributed by atoms with E-state index in [2.05, 4.69) is 9.93 Å². The monoisotopic (exact) mass is 386 g/mol. The number of benzene rings is 2. The van der Waals surface area contributed by atoms with Crippen LogP contribution in [0.4, 0.5) is 0 Å². The molecular formula is C16H16Cl2N2O3S. The molecule has 0 aliphatic rings. The van der Waals surface area contributed by atoms with Crippen molar-refractivity contribution in [1.29, 1.82) is 0 Å². The third kappa shape index (κ3) is 5.12. The topological polar surface area (TPSA) is 67.8 Å². The van der Waals surface area contributed by atoms with Gasteiger partial charge in [0.05, 0.1) is 22.7 Å². The van der Waals surface area contributed by atoms with E-state index in [1.165, 1.54) is 30.5 Å². The highest BCUT2D eigenvalue weighted by atomic mass is 35.5. The van der Waals surface area contributed by atoms with Crippen LogP contribution in [0.5, 0.6) is 5.75 Å². The molecular weight excluding hydrogens is 371 g/mol. The number of halogens is 2. The fraction of sp³-hybridized carbons (Fsp3) is 0.188. The third-order valence-corrected chi connectivity index (χ3v) is 4.71. The van der Waals surface area contributed by atoms with E-state index in [4.69, 9.17) is 27.9 Å². The van der Waals surface area contributed by atoms with E-state index in [1.54, 1.807) is 18.2 Å². The molecule has 0 aromatic heterocycles. The SMILES string of the molecule is CCCOc1ccc(/C=N/NS(=O)(=O)c2ccc(Cl)cc2)cc1Cl. The third-order valence-electron chi connectivity index (χ3n) is 2.93. The Morgan fingerprint density at radius 3 is 2.50 bits per heavy atom. The van der Waals surface area contributed by atoms with E-state index >= 15 is 0 Å². The molecule has 0 spiro atoms. The fourth-order valence-electron chi connectivity index (χ4n) is 1.76. The summed E-state index contributed by atoms with van der Waals surface area (Å²) in [5.41, 5.74) is 0.641. The van der Waals surface area contributed by atoms with Gasteiger partial charge in [0.2, 0.25) is 0 Å². The maximum absolute atomic E-state index is 12.1. The van der Waals surface area contributed by atoms with Crippen molar-refractivity contribution in [2.75, 3.05) is 6.61 Å². The number of nitrogens with one attached hydrogen (secondary N) is 1. The van der Waals surface area contributed by atoms with E-state index in [0.717, 1.165) is 6.42 Å². The van der Waals surface area contributed by atoms with Gasteiger partial charge in [0.25, 0.3) is 10.0 Å². The lowest BCUT2D eigenvalue weighted by molar-refractivity contribution is 0.317. The summed E-state index contributed by atoms with van der Waals surface area (Å²) >= 11 is 11.8. The minimum absolute atomic E-state index is 0.0744. The predicted octanol–water partition coefficient (Wildman–Crippen LogP) is 4.09. The quantitative estimate of drug-likeness (QED) is 0.575. The van der Waals surface area contributed by atoms with Gasteiger partial charge in [-0.15, -0.1) is 0 Å². The molecule has 1 N–H and O–H groups in total. The van der Waals surface area contributed by atoms with Crippen molar-refractivity contribution in [3.63, 3.8) is 0 Å². The normalized spacial score (nSPS) is 11.6. The minimum Gasteiger partial charge on any atom is -0.492 e. The Labute approximate surface area is 151 Å². The number of ether oxygens (including phenoxy) is 1. The second-order valence-electron chi connectivity index (χ2n) is 4.85. The lowest BCUT2D eigenvalue weighted by Crippen LogP contribution is -2.18. The van der Waals surface area contributed by atoms with Crippen molar-refractivity contribution in [2.24, 2.45) is 5.10 Å². The molecule has 128 valence electrons. The van der Waals surface area contributed by atoms with Crippen LogP contribution in [0.25, 0.3) is 0 Å². The van der Waals surface area contributed by atoms with Crippen molar-refractivity contribution >= 4 is 39.4 Å². The van der Waals surface area contributed by atoms with Gasteiger partial charge in [-0.25, -0.2) is 4.83 Å². The summed E-state index contributed by atoms with van der Waals surface area (Å²) < 4.78 is 29.6. The van der Waals surface area contributed by atoms with Gasteiger partial charge in [-0.1, -0.05) is 30.1 Å². The zero-order valence-electron chi connectivity index (χ0n) is 12.9. The standard InChI is InChI=1S/C16H16Cl2N2O3S/c1-2-9-23-16-8-3-12(10-15(16)18)11-19-20-24(21,22)14-6-4-13(17)5-7-14/h3-8,10-11,20H,2,9H2,1H3/b19-11+. The largest absolute Gasteiger partial charge is 0.492 e. The maximum atomic E-state index is 12.1. The van der Waals surface area contributed by atoms with Gasteiger partial charge in [-0.05, 0) is 54.4 Å². The predicted molar refractivity (Wildman–Crippen MR) is 96.6 cm³/mol. The second-order valence-corrected chi connectivity index (χ2v) is 7.35. The molecule has 0 saturated carbocycles. The average molecular weight is 387 g/mol. The molecule has 0 fully saturated rings. The number of nitrogens with zero attached hydrogens (tertiary/aromatic N) is 1. The van der Waals surface area contributed by atoms with Crippen LogP contribution in [0.1, 0.15) is 18.9 Å². The number of rotatable bonds is 7. The molecule has 8 heteroatoms. The Morgan fingerprint density at radius 2 is 1.88 bits per heavy atom. The summed E-state index contributed by atoms with van der Waals surface area (Å²) in [6.07, 6.45) is 2.25. The summed E-state index contributed by atoms with van der Waals surface area (Å²) in [6, 6.07) is 10.9. The molecule has 2 aromatic rings. The maximum Gasteiger partial charge on any atom is 0.276 e. The Bertz CT molecular complexity index is 822. The van der Waals surface area contributed by atoms with Crippen LogP contribution < -0.4 is 9.57 Å². The zero-order chi connectivity index (χ0) is 17.6. The molecule has 0 saturated heterocycles. The summed E-state index contributed by atoms with van der Waals surface area (Å²) in [4.78, 5) is 2.21.